The summed E-state index contributed by atoms with van der Waals surface area (Å²) in [6.07, 6.45) is 4.82. The van der Waals surface area contributed by atoms with Gasteiger partial charge in [-0.3, -0.25) is 0 Å². The molecular weight excluding hydrogens is 254 g/mol. The quantitative estimate of drug-likeness (QED) is 0.844. The average molecular weight is 279 g/mol. The molecule has 0 aromatic heterocycles. The van der Waals surface area contributed by atoms with Gasteiger partial charge in [0.25, 0.3) is 0 Å². The van der Waals surface area contributed by atoms with Crippen molar-refractivity contribution in [2.24, 2.45) is 0 Å². The smallest absolute Gasteiger partial charge is 0.0328 e. The van der Waals surface area contributed by atoms with Crippen molar-refractivity contribution in [1.29, 1.82) is 0 Å². The Hall–Kier alpha value is -1.60. The van der Waals surface area contributed by atoms with E-state index in [1.165, 1.54) is 41.5 Å². The van der Waals surface area contributed by atoms with Crippen molar-refractivity contribution in [3.05, 3.63) is 70.8 Å². The number of aryl methyl sites for hydroxylation is 3. The van der Waals surface area contributed by atoms with E-state index in [9.17, 15) is 0 Å². The molecular formula is C20H25N. The van der Waals surface area contributed by atoms with Crippen LogP contribution in [0.2, 0.25) is 0 Å². The van der Waals surface area contributed by atoms with Gasteiger partial charge in [0.2, 0.25) is 0 Å². The maximum atomic E-state index is 3.82. The van der Waals surface area contributed by atoms with Crippen molar-refractivity contribution in [2.45, 2.75) is 51.6 Å². The third-order valence-corrected chi connectivity index (χ3v) is 4.57. The average Bonchev–Trinajstić information content (AvgIpc) is 2.89. The molecule has 1 nitrogen and oxygen atoms in total. The van der Waals surface area contributed by atoms with Crippen LogP contribution in [0.15, 0.2) is 48.5 Å². The van der Waals surface area contributed by atoms with Crippen LogP contribution in [-0.2, 0) is 12.8 Å². The second-order valence-electron chi connectivity index (χ2n) is 6.39. The number of hydrogen-bond donors (Lipinski definition) is 1. The maximum absolute atomic E-state index is 3.82. The van der Waals surface area contributed by atoms with Crippen LogP contribution < -0.4 is 5.32 Å². The standard InChI is InChI=1S/C20H25N/c1-15-6-5-7-17(14-15)11-10-16(2)21-20-13-12-18-8-3-4-9-19(18)20/h3-9,14,16,20-21H,10-13H2,1-2H3. The number of hydrogen-bond acceptors (Lipinski definition) is 1. The Morgan fingerprint density at radius 1 is 1.14 bits per heavy atom. The minimum atomic E-state index is 0.550. The van der Waals surface area contributed by atoms with E-state index in [2.05, 4.69) is 67.7 Å². The fourth-order valence-corrected chi connectivity index (χ4v) is 3.41. The Labute approximate surface area is 128 Å². The second-order valence-corrected chi connectivity index (χ2v) is 6.39. The molecule has 2 atom stereocenters. The molecule has 0 saturated carbocycles. The van der Waals surface area contributed by atoms with E-state index < -0.39 is 0 Å². The summed E-state index contributed by atoms with van der Waals surface area (Å²) in [5.41, 5.74) is 5.86. The molecule has 21 heavy (non-hydrogen) atoms. The van der Waals surface area contributed by atoms with Gasteiger partial charge in [-0.05, 0) is 56.2 Å². The molecule has 0 amide bonds. The summed E-state index contributed by atoms with van der Waals surface area (Å²) in [7, 11) is 0. The van der Waals surface area contributed by atoms with Crippen LogP contribution in [0.25, 0.3) is 0 Å². The molecule has 0 saturated heterocycles. The third-order valence-electron chi connectivity index (χ3n) is 4.57. The molecule has 0 aliphatic heterocycles. The molecule has 0 radical (unpaired) electrons. The molecule has 0 heterocycles. The zero-order valence-corrected chi connectivity index (χ0v) is 13.1. The van der Waals surface area contributed by atoms with Gasteiger partial charge in [-0.2, -0.15) is 0 Å². The van der Waals surface area contributed by atoms with Crippen molar-refractivity contribution >= 4 is 0 Å². The molecule has 0 fully saturated rings. The third kappa shape index (κ3) is 3.54. The molecule has 1 N–H and O–H groups in total. The van der Waals surface area contributed by atoms with Crippen LogP contribution in [0.5, 0.6) is 0 Å². The lowest BCUT2D eigenvalue weighted by Gasteiger charge is -2.20. The van der Waals surface area contributed by atoms with E-state index >= 15 is 0 Å². The Balaban J connectivity index is 1.54. The van der Waals surface area contributed by atoms with E-state index in [4.69, 9.17) is 0 Å². The molecule has 3 rings (SSSR count). The fraction of sp³-hybridized carbons (Fsp3) is 0.400. The van der Waals surface area contributed by atoms with Crippen LogP contribution >= 0.6 is 0 Å². The van der Waals surface area contributed by atoms with Gasteiger partial charge in [0.05, 0.1) is 0 Å². The zero-order valence-electron chi connectivity index (χ0n) is 13.1. The summed E-state index contributed by atoms with van der Waals surface area (Å²) in [6.45, 7) is 4.48. The van der Waals surface area contributed by atoms with Crippen LogP contribution in [0.4, 0.5) is 0 Å². The number of nitrogens with one attached hydrogen (secondary N) is 1. The van der Waals surface area contributed by atoms with Gasteiger partial charge in [0.15, 0.2) is 0 Å². The summed E-state index contributed by atoms with van der Waals surface area (Å²) >= 11 is 0. The maximum Gasteiger partial charge on any atom is 0.0328 e. The minimum absolute atomic E-state index is 0.550. The van der Waals surface area contributed by atoms with Crippen molar-refractivity contribution in [3.63, 3.8) is 0 Å². The topological polar surface area (TPSA) is 12.0 Å². The van der Waals surface area contributed by atoms with Gasteiger partial charge >= 0.3 is 0 Å². The van der Waals surface area contributed by atoms with Gasteiger partial charge < -0.3 is 5.32 Å². The molecule has 2 aromatic rings. The van der Waals surface area contributed by atoms with E-state index in [1.807, 2.05) is 0 Å². The summed E-state index contributed by atoms with van der Waals surface area (Å²) in [5.74, 6) is 0. The van der Waals surface area contributed by atoms with Crippen molar-refractivity contribution in [1.82, 2.24) is 5.32 Å². The van der Waals surface area contributed by atoms with Crippen LogP contribution in [0, 0.1) is 6.92 Å². The van der Waals surface area contributed by atoms with Gasteiger partial charge in [-0.25, -0.2) is 0 Å². The van der Waals surface area contributed by atoms with E-state index in [-0.39, 0.29) is 0 Å². The fourth-order valence-electron chi connectivity index (χ4n) is 3.41. The van der Waals surface area contributed by atoms with E-state index in [0.29, 0.717) is 12.1 Å². The first-order valence-corrected chi connectivity index (χ1v) is 8.12. The Bertz CT molecular complexity index is 602. The molecule has 110 valence electrons. The van der Waals surface area contributed by atoms with Gasteiger partial charge in [-0.1, -0.05) is 54.1 Å². The first-order chi connectivity index (χ1) is 10.2. The molecule has 0 bridgehead atoms. The van der Waals surface area contributed by atoms with Crippen LogP contribution in [-0.4, -0.2) is 6.04 Å². The van der Waals surface area contributed by atoms with Crippen molar-refractivity contribution in [3.8, 4) is 0 Å². The minimum Gasteiger partial charge on any atom is -0.307 e. The monoisotopic (exact) mass is 279 g/mol. The van der Waals surface area contributed by atoms with Crippen molar-refractivity contribution < 1.29 is 0 Å². The van der Waals surface area contributed by atoms with Crippen LogP contribution in [0.3, 0.4) is 0 Å². The van der Waals surface area contributed by atoms with Gasteiger partial charge in [0.1, 0.15) is 0 Å². The number of rotatable bonds is 5. The lowest BCUT2D eigenvalue weighted by molar-refractivity contribution is 0.434. The Kier molecular flexibility index (Phi) is 4.40. The SMILES string of the molecule is Cc1cccc(CCC(C)NC2CCc3ccccc32)c1. The lowest BCUT2D eigenvalue weighted by atomic mass is 10.0. The van der Waals surface area contributed by atoms with Crippen molar-refractivity contribution in [2.75, 3.05) is 0 Å². The van der Waals surface area contributed by atoms with E-state index in [1.54, 1.807) is 0 Å². The highest BCUT2D eigenvalue weighted by Gasteiger charge is 2.22. The molecule has 1 aliphatic carbocycles. The summed E-state index contributed by atoms with van der Waals surface area (Å²) in [4.78, 5) is 0. The normalized spacial score (nSPS) is 18.5. The number of benzene rings is 2. The Morgan fingerprint density at radius 2 is 2.00 bits per heavy atom. The predicted octanol–water partition coefficient (Wildman–Crippen LogP) is 4.59. The highest BCUT2D eigenvalue weighted by molar-refractivity contribution is 5.34. The first-order valence-electron chi connectivity index (χ1n) is 8.12. The predicted molar refractivity (Wildman–Crippen MR) is 89.6 cm³/mol. The lowest BCUT2D eigenvalue weighted by Crippen LogP contribution is -2.29. The highest BCUT2D eigenvalue weighted by atomic mass is 14.9. The molecule has 1 aliphatic rings. The second kappa shape index (κ2) is 6.44. The molecule has 2 unspecified atom stereocenters. The molecule has 2 aromatic carbocycles. The summed E-state index contributed by atoms with van der Waals surface area (Å²) in [6, 6.07) is 18.9. The summed E-state index contributed by atoms with van der Waals surface area (Å²) < 4.78 is 0. The largest absolute Gasteiger partial charge is 0.307 e. The van der Waals surface area contributed by atoms with Gasteiger partial charge in [0, 0.05) is 12.1 Å². The van der Waals surface area contributed by atoms with Gasteiger partial charge in [-0.15, -0.1) is 0 Å². The first kappa shape index (κ1) is 14.3. The summed E-state index contributed by atoms with van der Waals surface area (Å²) in [5, 5.41) is 3.82. The zero-order chi connectivity index (χ0) is 14.7. The van der Waals surface area contributed by atoms with E-state index in [0.717, 1.165) is 6.42 Å². The Morgan fingerprint density at radius 3 is 2.86 bits per heavy atom. The molecule has 1 heteroatoms. The number of fused-ring (bicyclic) bond motifs is 1. The molecule has 0 spiro atoms. The highest BCUT2D eigenvalue weighted by Crippen LogP contribution is 2.31. The van der Waals surface area contributed by atoms with Crippen LogP contribution in [0.1, 0.15) is 48.1 Å².